The average molecular weight is 510 g/mol. The van der Waals surface area contributed by atoms with Crippen LogP contribution in [0.3, 0.4) is 0 Å². The van der Waals surface area contributed by atoms with Gasteiger partial charge >= 0.3 is 5.97 Å². The molecule has 1 atom stereocenters. The third-order valence-electron chi connectivity index (χ3n) is 6.43. The molecule has 1 unspecified atom stereocenters. The fraction of sp³-hybridized carbons (Fsp3) is 0.448. The van der Waals surface area contributed by atoms with Gasteiger partial charge in [0.15, 0.2) is 0 Å². The summed E-state index contributed by atoms with van der Waals surface area (Å²) in [6, 6.07) is 11.2. The molecule has 1 aromatic carbocycles. The Morgan fingerprint density at radius 1 is 1.22 bits per heavy atom. The molecule has 37 heavy (non-hydrogen) atoms. The number of likely N-dealkylation sites (tertiary alicyclic amines) is 1. The van der Waals surface area contributed by atoms with Gasteiger partial charge in [-0.05, 0) is 48.2 Å². The Balaban J connectivity index is 1.49. The number of carbonyl (C=O) groups is 1. The third kappa shape index (κ3) is 6.86. The van der Waals surface area contributed by atoms with Gasteiger partial charge in [0, 0.05) is 37.6 Å². The second-order valence-corrected chi connectivity index (χ2v) is 10.1. The molecular weight excluding hydrogens is 476 g/mol. The molecule has 6 nitrogen and oxygen atoms in total. The Labute approximate surface area is 216 Å². The lowest BCUT2D eigenvalue weighted by Gasteiger charge is -2.14. The lowest BCUT2D eigenvalue weighted by Crippen LogP contribution is -2.24. The molecule has 3 aromatic rings. The quantitative estimate of drug-likeness (QED) is 0.356. The predicted molar refractivity (Wildman–Crippen MR) is 139 cm³/mol. The number of ether oxygens (including phenoxy) is 1. The summed E-state index contributed by atoms with van der Waals surface area (Å²) in [5.41, 5.74) is 3.44. The molecule has 0 radical (unpaired) electrons. The van der Waals surface area contributed by atoms with Crippen LogP contribution in [0.5, 0.6) is 5.75 Å². The van der Waals surface area contributed by atoms with Crippen molar-refractivity contribution in [2.75, 3.05) is 13.1 Å². The summed E-state index contributed by atoms with van der Waals surface area (Å²) < 4.78 is 35.5. The van der Waals surface area contributed by atoms with Crippen molar-refractivity contribution >= 4 is 17.0 Å². The maximum atomic E-state index is 13.7. The molecule has 4 rings (SSSR count). The number of aliphatic carboxylic acids is 1. The van der Waals surface area contributed by atoms with Gasteiger partial charge in [-0.2, -0.15) is 0 Å². The molecule has 0 amide bonds. The van der Waals surface area contributed by atoms with Crippen LogP contribution in [-0.2, 0) is 24.5 Å². The molecule has 0 aliphatic carbocycles. The molecule has 0 bridgehead atoms. The molecule has 3 heterocycles. The highest BCUT2D eigenvalue weighted by Gasteiger charge is 2.38. The van der Waals surface area contributed by atoms with E-state index in [-0.39, 0.29) is 31.9 Å². The van der Waals surface area contributed by atoms with Crippen molar-refractivity contribution in [1.82, 2.24) is 14.5 Å². The van der Waals surface area contributed by atoms with E-state index in [9.17, 15) is 13.6 Å². The molecule has 1 aliphatic rings. The number of hydrogen-bond acceptors (Lipinski definition) is 4. The summed E-state index contributed by atoms with van der Waals surface area (Å²) in [6.45, 7) is 7.68. The van der Waals surface area contributed by atoms with Crippen molar-refractivity contribution in [2.45, 2.75) is 65.1 Å². The SMILES string of the molecule is CC#CC(CC(=O)O)c1ccc(OCc2ccc3c(CN4CCC(F)(F)C4)cn(CC(C)C)c3n2)cc1. The summed E-state index contributed by atoms with van der Waals surface area (Å²) in [5.74, 6) is 2.93. The standard InChI is InChI=1S/C29H33F2N3O3/c1-4-5-22(14-27(35)36)21-6-9-25(10-7-21)37-18-24-8-11-26-23(16-33-13-12-29(30,31)19-33)17-34(15-20(2)3)28(26)32-24/h6-11,17,20,22H,12-16,18-19H2,1-3H3,(H,35,36). The molecule has 1 saturated heterocycles. The summed E-state index contributed by atoms with van der Waals surface area (Å²) in [7, 11) is 0. The lowest BCUT2D eigenvalue weighted by atomic mass is 9.96. The molecule has 0 spiro atoms. The van der Waals surface area contributed by atoms with Crippen LogP contribution < -0.4 is 4.74 Å². The minimum absolute atomic E-state index is 0.0524. The normalized spacial score (nSPS) is 16.1. The van der Waals surface area contributed by atoms with Crippen LogP contribution in [0, 0.1) is 17.8 Å². The molecule has 2 aromatic heterocycles. The number of alkyl halides is 2. The monoisotopic (exact) mass is 509 g/mol. The van der Waals surface area contributed by atoms with Crippen LogP contribution in [0.15, 0.2) is 42.6 Å². The molecule has 8 heteroatoms. The number of pyridine rings is 1. The summed E-state index contributed by atoms with van der Waals surface area (Å²) in [5, 5.41) is 10.1. The van der Waals surface area contributed by atoms with Crippen molar-refractivity contribution in [3.8, 4) is 17.6 Å². The molecular formula is C29H33F2N3O3. The minimum Gasteiger partial charge on any atom is -0.487 e. The van der Waals surface area contributed by atoms with Crippen LogP contribution in [0.4, 0.5) is 8.78 Å². The van der Waals surface area contributed by atoms with Crippen LogP contribution in [-0.4, -0.2) is 44.5 Å². The molecule has 196 valence electrons. The first-order valence-corrected chi connectivity index (χ1v) is 12.6. The lowest BCUT2D eigenvalue weighted by molar-refractivity contribution is -0.137. The first kappa shape index (κ1) is 26.6. The number of rotatable bonds is 10. The van der Waals surface area contributed by atoms with Gasteiger partial charge in [-0.25, -0.2) is 13.8 Å². The zero-order valence-corrected chi connectivity index (χ0v) is 21.5. The summed E-state index contributed by atoms with van der Waals surface area (Å²) >= 11 is 0. The van der Waals surface area contributed by atoms with E-state index < -0.39 is 11.9 Å². The van der Waals surface area contributed by atoms with Crippen molar-refractivity contribution in [1.29, 1.82) is 0 Å². The molecule has 1 aliphatic heterocycles. The Kier molecular flexibility index (Phi) is 8.13. The van der Waals surface area contributed by atoms with Gasteiger partial charge in [-0.3, -0.25) is 9.69 Å². The van der Waals surface area contributed by atoms with E-state index in [1.54, 1.807) is 6.92 Å². The van der Waals surface area contributed by atoms with Crippen LogP contribution in [0.25, 0.3) is 11.0 Å². The highest BCUT2D eigenvalue weighted by molar-refractivity contribution is 5.80. The number of carboxylic acids is 1. The zero-order valence-electron chi connectivity index (χ0n) is 21.5. The smallest absolute Gasteiger partial charge is 0.304 e. The molecule has 0 saturated carbocycles. The van der Waals surface area contributed by atoms with Gasteiger partial charge in [0.25, 0.3) is 5.92 Å². The van der Waals surface area contributed by atoms with E-state index in [2.05, 4.69) is 30.3 Å². The highest BCUT2D eigenvalue weighted by atomic mass is 19.3. The number of benzene rings is 1. The van der Waals surface area contributed by atoms with Crippen molar-refractivity contribution < 1.29 is 23.4 Å². The predicted octanol–water partition coefficient (Wildman–Crippen LogP) is 5.69. The van der Waals surface area contributed by atoms with Gasteiger partial charge in [-0.1, -0.05) is 31.9 Å². The number of halogens is 2. The van der Waals surface area contributed by atoms with Crippen molar-refractivity contribution in [3.05, 3.63) is 59.4 Å². The van der Waals surface area contributed by atoms with Crippen molar-refractivity contribution in [3.63, 3.8) is 0 Å². The van der Waals surface area contributed by atoms with Gasteiger partial charge < -0.3 is 14.4 Å². The largest absolute Gasteiger partial charge is 0.487 e. The topological polar surface area (TPSA) is 67.6 Å². The average Bonchev–Trinajstić information content (AvgIpc) is 3.35. The summed E-state index contributed by atoms with van der Waals surface area (Å²) in [6.07, 6.45) is 1.90. The van der Waals surface area contributed by atoms with Gasteiger partial charge in [-0.15, -0.1) is 5.92 Å². The first-order chi connectivity index (χ1) is 17.6. The zero-order chi connectivity index (χ0) is 26.6. The van der Waals surface area contributed by atoms with E-state index in [1.165, 1.54) is 0 Å². The van der Waals surface area contributed by atoms with Crippen LogP contribution in [0.2, 0.25) is 0 Å². The Morgan fingerprint density at radius 2 is 1.97 bits per heavy atom. The fourth-order valence-corrected chi connectivity index (χ4v) is 4.75. The van der Waals surface area contributed by atoms with Crippen LogP contribution >= 0.6 is 0 Å². The maximum Gasteiger partial charge on any atom is 0.304 e. The van der Waals surface area contributed by atoms with Crippen LogP contribution in [0.1, 0.15) is 56.4 Å². The van der Waals surface area contributed by atoms with E-state index in [0.29, 0.717) is 24.8 Å². The van der Waals surface area contributed by atoms with Crippen molar-refractivity contribution in [2.24, 2.45) is 5.92 Å². The Morgan fingerprint density at radius 3 is 2.59 bits per heavy atom. The second kappa shape index (κ2) is 11.3. The number of nitrogens with zero attached hydrogens (tertiary/aromatic N) is 3. The number of hydrogen-bond donors (Lipinski definition) is 1. The van der Waals surface area contributed by atoms with E-state index in [0.717, 1.165) is 34.4 Å². The van der Waals surface area contributed by atoms with E-state index in [1.807, 2.05) is 47.5 Å². The summed E-state index contributed by atoms with van der Waals surface area (Å²) in [4.78, 5) is 17.8. The van der Waals surface area contributed by atoms with Gasteiger partial charge in [0.1, 0.15) is 18.0 Å². The Bertz CT molecular complexity index is 1310. The number of aromatic nitrogens is 2. The highest BCUT2D eigenvalue weighted by Crippen LogP contribution is 2.30. The Hall–Kier alpha value is -3.44. The van der Waals surface area contributed by atoms with E-state index in [4.69, 9.17) is 14.8 Å². The second-order valence-electron chi connectivity index (χ2n) is 10.1. The molecule has 1 N–H and O–H groups in total. The van der Waals surface area contributed by atoms with Gasteiger partial charge in [0.05, 0.1) is 24.6 Å². The number of carboxylic acid groups (broad SMARTS) is 1. The fourth-order valence-electron chi connectivity index (χ4n) is 4.75. The third-order valence-corrected chi connectivity index (χ3v) is 6.43. The minimum atomic E-state index is -2.61. The maximum absolute atomic E-state index is 13.7. The molecule has 1 fully saturated rings. The van der Waals surface area contributed by atoms with Gasteiger partial charge in [0.2, 0.25) is 0 Å². The van der Waals surface area contributed by atoms with E-state index >= 15 is 0 Å². The number of fused-ring (bicyclic) bond motifs is 1. The first-order valence-electron chi connectivity index (χ1n) is 12.6.